The summed E-state index contributed by atoms with van der Waals surface area (Å²) in [6, 6.07) is 13.0. The second-order valence-electron chi connectivity index (χ2n) is 6.25. The van der Waals surface area contributed by atoms with Crippen LogP contribution in [0.3, 0.4) is 0 Å². The number of benzene rings is 2. The zero-order valence-electron chi connectivity index (χ0n) is 15.3. The standard InChI is InChI=1S/C19H24N2O4S/c1-15-7-8-18(25-3)19(13-15)26(22,23)21-11-9-20(10-12-21)16-5-4-6-17(14-16)24-2/h4-8,13-14H,9-12H2,1-3H3. The first-order chi connectivity index (χ1) is 12.5. The number of aryl methyl sites for hydroxylation is 1. The minimum atomic E-state index is -3.59. The fraction of sp³-hybridized carbons (Fsp3) is 0.368. The molecule has 1 heterocycles. The van der Waals surface area contributed by atoms with Crippen LogP contribution in [0.1, 0.15) is 5.56 Å². The molecular weight excluding hydrogens is 352 g/mol. The zero-order valence-corrected chi connectivity index (χ0v) is 16.1. The van der Waals surface area contributed by atoms with Crippen molar-refractivity contribution >= 4 is 15.7 Å². The quantitative estimate of drug-likeness (QED) is 0.803. The fourth-order valence-electron chi connectivity index (χ4n) is 3.12. The third-order valence-electron chi connectivity index (χ3n) is 4.59. The predicted octanol–water partition coefficient (Wildman–Crippen LogP) is 2.52. The number of anilines is 1. The number of piperazine rings is 1. The molecule has 0 spiro atoms. The summed E-state index contributed by atoms with van der Waals surface area (Å²) < 4.78 is 38.2. The Kier molecular flexibility index (Phi) is 5.38. The SMILES string of the molecule is COc1cccc(N2CCN(S(=O)(=O)c3cc(C)ccc3OC)CC2)c1. The van der Waals surface area contributed by atoms with Crippen LogP contribution in [-0.4, -0.2) is 53.1 Å². The van der Waals surface area contributed by atoms with Gasteiger partial charge < -0.3 is 14.4 Å². The van der Waals surface area contributed by atoms with Gasteiger partial charge in [0.1, 0.15) is 16.4 Å². The van der Waals surface area contributed by atoms with Crippen LogP contribution in [-0.2, 0) is 10.0 Å². The highest BCUT2D eigenvalue weighted by Gasteiger charge is 2.31. The van der Waals surface area contributed by atoms with E-state index in [0.29, 0.717) is 31.9 Å². The maximum absolute atomic E-state index is 13.1. The molecule has 6 nitrogen and oxygen atoms in total. The lowest BCUT2D eigenvalue weighted by Crippen LogP contribution is -2.48. The molecule has 1 saturated heterocycles. The van der Waals surface area contributed by atoms with Crippen LogP contribution >= 0.6 is 0 Å². The van der Waals surface area contributed by atoms with Gasteiger partial charge in [-0.15, -0.1) is 0 Å². The molecule has 0 atom stereocenters. The number of sulfonamides is 1. The summed E-state index contributed by atoms with van der Waals surface area (Å²) in [5.74, 6) is 1.17. The molecule has 0 amide bonds. The Morgan fingerprint density at radius 2 is 1.65 bits per heavy atom. The highest BCUT2D eigenvalue weighted by molar-refractivity contribution is 7.89. The number of nitrogens with zero attached hydrogens (tertiary/aromatic N) is 2. The molecule has 1 aliphatic heterocycles. The summed E-state index contributed by atoms with van der Waals surface area (Å²) in [6.45, 7) is 3.98. The summed E-state index contributed by atoms with van der Waals surface area (Å²) in [5.41, 5.74) is 1.92. The molecular formula is C19H24N2O4S. The number of ether oxygens (including phenoxy) is 2. The van der Waals surface area contributed by atoms with Gasteiger partial charge in [-0.25, -0.2) is 8.42 Å². The second kappa shape index (κ2) is 7.55. The first-order valence-corrected chi connectivity index (χ1v) is 9.93. The Hall–Kier alpha value is -2.25. The lowest BCUT2D eigenvalue weighted by atomic mass is 10.2. The molecule has 0 aromatic heterocycles. The molecule has 3 rings (SSSR count). The van der Waals surface area contributed by atoms with Crippen LogP contribution in [0.15, 0.2) is 47.4 Å². The van der Waals surface area contributed by atoms with Crippen LogP contribution < -0.4 is 14.4 Å². The molecule has 1 fully saturated rings. The Labute approximate surface area is 155 Å². The molecule has 0 saturated carbocycles. The van der Waals surface area contributed by atoms with Crippen molar-refractivity contribution in [3.8, 4) is 11.5 Å². The fourth-order valence-corrected chi connectivity index (χ4v) is 4.78. The minimum absolute atomic E-state index is 0.231. The third-order valence-corrected chi connectivity index (χ3v) is 6.51. The van der Waals surface area contributed by atoms with Gasteiger partial charge in [-0.2, -0.15) is 4.31 Å². The molecule has 7 heteroatoms. The molecule has 2 aromatic rings. The summed E-state index contributed by atoms with van der Waals surface area (Å²) in [6.07, 6.45) is 0. The highest BCUT2D eigenvalue weighted by Crippen LogP contribution is 2.29. The van der Waals surface area contributed by atoms with E-state index in [2.05, 4.69) is 4.90 Å². The highest BCUT2D eigenvalue weighted by atomic mass is 32.2. The Balaban J connectivity index is 1.78. The molecule has 0 radical (unpaired) electrons. The van der Waals surface area contributed by atoms with Crippen LogP contribution in [0, 0.1) is 6.92 Å². The van der Waals surface area contributed by atoms with E-state index in [1.807, 2.05) is 37.3 Å². The molecule has 0 bridgehead atoms. The van der Waals surface area contributed by atoms with Crippen molar-refractivity contribution in [2.45, 2.75) is 11.8 Å². The van der Waals surface area contributed by atoms with Gasteiger partial charge in [-0.3, -0.25) is 0 Å². The molecule has 0 unspecified atom stereocenters. The van der Waals surface area contributed by atoms with Gasteiger partial charge in [0.15, 0.2) is 0 Å². The van der Waals surface area contributed by atoms with Gasteiger partial charge in [-0.1, -0.05) is 12.1 Å². The lowest BCUT2D eigenvalue weighted by molar-refractivity contribution is 0.374. The van der Waals surface area contributed by atoms with E-state index in [4.69, 9.17) is 9.47 Å². The van der Waals surface area contributed by atoms with E-state index >= 15 is 0 Å². The van der Waals surface area contributed by atoms with E-state index < -0.39 is 10.0 Å². The van der Waals surface area contributed by atoms with E-state index in [0.717, 1.165) is 17.0 Å². The van der Waals surface area contributed by atoms with Gasteiger partial charge >= 0.3 is 0 Å². The van der Waals surface area contributed by atoms with Gasteiger partial charge in [0.2, 0.25) is 10.0 Å². The Morgan fingerprint density at radius 1 is 0.923 bits per heavy atom. The minimum Gasteiger partial charge on any atom is -0.497 e. The number of hydrogen-bond donors (Lipinski definition) is 0. The molecule has 140 valence electrons. The second-order valence-corrected chi connectivity index (χ2v) is 8.15. The van der Waals surface area contributed by atoms with Gasteiger partial charge in [-0.05, 0) is 36.8 Å². The average Bonchev–Trinajstić information content (AvgIpc) is 2.68. The topological polar surface area (TPSA) is 59.1 Å². The summed E-state index contributed by atoms with van der Waals surface area (Å²) in [5, 5.41) is 0. The number of rotatable bonds is 5. The first-order valence-electron chi connectivity index (χ1n) is 8.49. The van der Waals surface area contributed by atoms with Crippen LogP contribution in [0.5, 0.6) is 11.5 Å². The van der Waals surface area contributed by atoms with E-state index in [-0.39, 0.29) is 4.90 Å². The summed E-state index contributed by atoms with van der Waals surface area (Å²) >= 11 is 0. The van der Waals surface area contributed by atoms with Crippen molar-refractivity contribution < 1.29 is 17.9 Å². The smallest absolute Gasteiger partial charge is 0.246 e. The monoisotopic (exact) mass is 376 g/mol. The first kappa shape index (κ1) is 18.5. The maximum atomic E-state index is 13.1. The van der Waals surface area contributed by atoms with Crippen LogP contribution in [0.25, 0.3) is 0 Å². The molecule has 0 N–H and O–H groups in total. The van der Waals surface area contributed by atoms with Crippen molar-refractivity contribution in [3.63, 3.8) is 0 Å². The largest absolute Gasteiger partial charge is 0.497 e. The molecule has 0 aliphatic carbocycles. The Bertz CT molecular complexity index is 875. The molecule has 26 heavy (non-hydrogen) atoms. The van der Waals surface area contributed by atoms with Crippen molar-refractivity contribution in [3.05, 3.63) is 48.0 Å². The number of hydrogen-bond acceptors (Lipinski definition) is 5. The van der Waals surface area contributed by atoms with Crippen LogP contribution in [0.2, 0.25) is 0 Å². The van der Waals surface area contributed by atoms with E-state index in [1.165, 1.54) is 11.4 Å². The van der Waals surface area contributed by atoms with Gasteiger partial charge in [0, 0.05) is 37.9 Å². The van der Waals surface area contributed by atoms with Gasteiger partial charge in [0.05, 0.1) is 14.2 Å². The van der Waals surface area contributed by atoms with E-state index in [9.17, 15) is 8.42 Å². The van der Waals surface area contributed by atoms with Crippen molar-refractivity contribution in [2.75, 3.05) is 45.3 Å². The number of methoxy groups -OCH3 is 2. The molecule has 2 aromatic carbocycles. The van der Waals surface area contributed by atoms with Crippen LogP contribution in [0.4, 0.5) is 5.69 Å². The third kappa shape index (κ3) is 3.64. The van der Waals surface area contributed by atoms with Gasteiger partial charge in [0.25, 0.3) is 0 Å². The predicted molar refractivity (Wildman–Crippen MR) is 102 cm³/mol. The zero-order chi connectivity index (χ0) is 18.7. The van der Waals surface area contributed by atoms with Crippen molar-refractivity contribution in [2.24, 2.45) is 0 Å². The molecule has 1 aliphatic rings. The van der Waals surface area contributed by atoms with E-state index in [1.54, 1.807) is 19.2 Å². The summed E-state index contributed by atoms with van der Waals surface area (Å²) in [4.78, 5) is 2.40. The average molecular weight is 376 g/mol. The summed E-state index contributed by atoms with van der Waals surface area (Å²) in [7, 11) is -0.461. The maximum Gasteiger partial charge on any atom is 0.246 e. The van der Waals surface area contributed by atoms with Crippen molar-refractivity contribution in [1.82, 2.24) is 4.31 Å². The Morgan fingerprint density at radius 3 is 2.31 bits per heavy atom. The van der Waals surface area contributed by atoms with Crippen molar-refractivity contribution in [1.29, 1.82) is 0 Å². The lowest BCUT2D eigenvalue weighted by Gasteiger charge is -2.35. The normalized spacial score (nSPS) is 15.7.